The Hall–Kier alpha value is -3.06. The van der Waals surface area contributed by atoms with E-state index in [1.54, 1.807) is 6.92 Å². The Labute approximate surface area is 195 Å². The molecule has 2 aliphatic rings. The molecule has 0 aliphatic carbocycles. The summed E-state index contributed by atoms with van der Waals surface area (Å²) in [5.41, 5.74) is 4.44. The van der Waals surface area contributed by atoms with Crippen LogP contribution in [0, 0.1) is 0 Å². The van der Waals surface area contributed by atoms with Crippen molar-refractivity contribution >= 4 is 22.6 Å². The number of carbonyl (C=O) groups excluding carboxylic acids is 1. The Balaban J connectivity index is 1.49. The minimum Gasteiger partial charge on any atom is -0.355 e. The summed E-state index contributed by atoms with van der Waals surface area (Å²) in [5, 5.41) is 1.15. The highest BCUT2D eigenvalue weighted by Crippen LogP contribution is 2.31. The largest absolute Gasteiger partial charge is 0.355 e. The summed E-state index contributed by atoms with van der Waals surface area (Å²) in [4.78, 5) is 33.2. The van der Waals surface area contributed by atoms with Gasteiger partial charge in [-0.05, 0) is 56.6 Å². The number of likely N-dealkylation sites (tertiary alicyclic amines) is 1. The van der Waals surface area contributed by atoms with Gasteiger partial charge in [0.25, 0.3) is 0 Å². The Bertz CT molecular complexity index is 1180. The maximum absolute atomic E-state index is 12.1. The van der Waals surface area contributed by atoms with Crippen molar-refractivity contribution in [2.75, 3.05) is 38.6 Å². The van der Waals surface area contributed by atoms with Gasteiger partial charge in [-0.15, -0.1) is 0 Å². The van der Waals surface area contributed by atoms with E-state index >= 15 is 0 Å². The molecule has 2 aromatic heterocycles. The second-order valence-electron chi connectivity index (χ2n) is 9.51. The second kappa shape index (κ2) is 9.06. The predicted molar refractivity (Wildman–Crippen MR) is 130 cm³/mol. The van der Waals surface area contributed by atoms with Crippen LogP contribution in [-0.2, 0) is 24.3 Å². The van der Waals surface area contributed by atoms with Crippen LogP contribution in [0.25, 0.3) is 10.9 Å². The third-order valence-electron chi connectivity index (χ3n) is 6.94. The minimum atomic E-state index is 0.109. The van der Waals surface area contributed by atoms with Gasteiger partial charge in [-0.25, -0.2) is 9.97 Å². The van der Waals surface area contributed by atoms with Crippen molar-refractivity contribution in [1.29, 1.82) is 0 Å². The minimum absolute atomic E-state index is 0.109. The van der Waals surface area contributed by atoms with Crippen LogP contribution >= 0.6 is 0 Å². The maximum atomic E-state index is 12.1. The van der Waals surface area contributed by atoms with Crippen LogP contribution < -0.4 is 4.90 Å². The van der Waals surface area contributed by atoms with Crippen molar-refractivity contribution in [2.24, 2.45) is 0 Å². The van der Waals surface area contributed by atoms with Gasteiger partial charge < -0.3 is 14.7 Å². The van der Waals surface area contributed by atoms with Gasteiger partial charge in [0.15, 0.2) is 0 Å². The number of hydrogen-bond acceptors (Lipinski definition) is 6. The predicted octanol–water partition coefficient (Wildman–Crippen LogP) is 3.38. The monoisotopic (exact) mass is 444 g/mol. The van der Waals surface area contributed by atoms with Gasteiger partial charge >= 0.3 is 0 Å². The lowest BCUT2D eigenvalue weighted by Gasteiger charge is -2.33. The molecule has 4 heterocycles. The lowest BCUT2D eigenvalue weighted by molar-refractivity contribution is -0.129. The number of rotatable bonds is 4. The Morgan fingerprint density at radius 3 is 2.91 bits per heavy atom. The molecular weight excluding hydrogens is 412 g/mol. The molecule has 0 N–H and O–H groups in total. The quantitative estimate of drug-likeness (QED) is 0.615. The third kappa shape index (κ3) is 4.55. The number of nitrogens with zero attached hydrogens (tertiary/aromatic N) is 6. The fourth-order valence-corrected chi connectivity index (χ4v) is 5.15. The molecule has 1 amide bonds. The SMILES string of the molecule is CC(=O)N1CCc2c(nc(C3CCCN(C)C3)nc2N(C)Cc2ccc3ncccc3c2)C1. The summed E-state index contributed by atoms with van der Waals surface area (Å²) in [6.45, 7) is 5.81. The molecule has 1 atom stereocenters. The Morgan fingerprint density at radius 2 is 2.09 bits per heavy atom. The van der Waals surface area contributed by atoms with Crippen LogP contribution in [0.1, 0.15) is 48.3 Å². The number of amides is 1. The van der Waals surface area contributed by atoms with Gasteiger partial charge in [0, 0.05) is 56.7 Å². The highest BCUT2D eigenvalue weighted by molar-refractivity contribution is 5.79. The van der Waals surface area contributed by atoms with E-state index in [1.165, 1.54) is 11.1 Å². The number of likely N-dealkylation sites (N-methyl/N-ethyl adjacent to an activating group) is 1. The number of carbonyl (C=O) groups is 1. The van der Waals surface area contributed by atoms with Gasteiger partial charge in [0.05, 0.1) is 17.8 Å². The Kier molecular flexibility index (Phi) is 5.98. The molecule has 33 heavy (non-hydrogen) atoms. The smallest absolute Gasteiger partial charge is 0.219 e. The van der Waals surface area contributed by atoms with Gasteiger partial charge in [0.2, 0.25) is 5.91 Å². The molecule has 172 valence electrons. The fourth-order valence-electron chi connectivity index (χ4n) is 5.15. The highest BCUT2D eigenvalue weighted by Gasteiger charge is 2.28. The normalized spacial score (nSPS) is 18.9. The number of anilines is 1. The van der Waals surface area contributed by atoms with Gasteiger partial charge in [0.1, 0.15) is 11.6 Å². The summed E-state index contributed by atoms with van der Waals surface area (Å²) >= 11 is 0. The molecule has 1 aromatic carbocycles. The zero-order valence-electron chi connectivity index (χ0n) is 19.8. The van der Waals surface area contributed by atoms with Crippen LogP contribution in [0.5, 0.6) is 0 Å². The lowest BCUT2D eigenvalue weighted by Crippen LogP contribution is -2.37. The number of aromatic nitrogens is 3. The number of pyridine rings is 1. The van der Waals surface area contributed by atoms with E-state index < -0.39 is 0 Å². The molecule has 3 aromatic rings. The standard InChI is InChI=1S/C26H32N6O/c1-18(33)32-13-10-22-24(17-32)28-25(21-7-5-12-30(2)16-21)29-26(22)31(3)15-19-8-9-23-20(14-19)6-4-11-27-23/h4,6,8-9,11,14,21H,5,7,10,12-13,15-17H2,1-3H3. The molecular formula is C26H32N6O. The van der Waals surface area contributed by atoms with E-state index in [9.17, 15) is 4.79 Å². The van der Waals surface area contributed by atoms with Crippen molar-refractivity contribution < 1.29 is 4.79 Å². The summed E-state index contributed by atoms with van der Waals surface area (Å²) in [6.07, 6.45) is 4.90. The van der Waals surface area contributed by atoms with Crippen molar-refractivity contribution in [3.05, 3.63) is 59.2 Å². The molecule has 1 saturated heterocycles. The first-order chi connectivity index (χ1) is 16.0. The van der Waals surface area contributed by atoms with Gasteiger partial charge in [-0.3, -0.25) is 9.78 Å². The maximum Gasteiger partial charge on any atom is 0.219 e. The molecule has 2 aliphatic heterocycles. The molecule has 1 fully saturated rings. The zero-order valence-corrected chi connectivity index (χ0v) is 19.8. The molecule has 5 rings (SSSR count). The second-order valence-corrected chi connectivity index (χ2v) is 9.51. The highest BCUT2D eigenvalue weighted by atomic mass is 16.2. The van der Waals surface area contributed by atoms with Crippen LogP contribution in [0.4, 0.5) is 5.82 Å². The van der Waals surface area contributed by atoms with Crippen molar-refractivity contribution in [2.45, 2.75) is 45.2 Å². The van der Waals surface area contributed by atoms with E-state index in [2.05, 4.69) is 53.1 Å². The van der Waals surface area contributed by atoms with Gasteiger partial charge in [-0.1, -0.05) is 12.1 Å². The summed E-state index contributed by atoms with van der Waals surface area (Å²) in [6, 6.07) is 10.5. The molecule has 7 nitrogen and oxygen atoms in total. The van der Waals surface area contributed by atoms with Crippen LogP contribution in [0.2, 0.25) is 0 Å². The first-order valence-electron chi connectivity index (χ1n) is 11.9. The number of piperidine rings is 1. The Morgan fingerprint density at radius 1 is 1.21 bits per heavy atom. The zero-order chi connectivity index (χ0) is 22.9. The number of benzene rings is 1. The average molecular weight is 445 g/mol. The first-order valence-corrected chi connectivity index (χ1v) is 11.9. The molecule has 1 unspecified atom stereocenters. The van der Waals surface area contributed by atoms with Crippen LogP contribution in [0.15, 0.2) is 36.5 Å². The van der Waals surface area contributed by atoms with Crippen LogP contribution in [0.3, 0.4) is 0 Å². The summed E-state index contributed by atoms with van der Waals surface area (Å²) in [5.74, 6) is 2.38. The molecule has 0 bridgehead atoms. The number of hydrogen-bond donors (Lipinski definition) is 0. The van der Waals surface area contributed by atoms with Gasteiger partial charge in [-0.2, -0.15) is 0 Å². The van der Waals surface area contributed by atoms with E-state index in [0.717, 1.165) is 73.7 Å². The summed E-state index contributed by atoms with van der Waals surface area (Å²) < 4.78 is 0. The van der Waals surface area contributed by atoms with E-state index in [0.29, 0.717) is 12.5 Å². The topological polar surface area (TPSA) is 65.5 Å². The lowest BCUT2D eigenvalue weighted by atomic mass is 9.96. The van der Waals surface area contributed by atoms with Crippen LogP contribution in [-0.4, -0.2) is 64.4 Å². The van der Waals surface area contributed by atoms with Crippen molar-refractivity contribution in [1.82, 2.24) is 24.8 Å². The van der Waals surface area contributed by atoms with Crippen molar-refractivity contribution in [3.63, 3.8) is 0 Å². The first kappa shape index (κ1) is 21.8. The van der Waals surface area contributed by atoms with E-state index in [-0.39, 0.29) is 5.91 Å². The fraction of sp³-hybridized carbons (Fsp3) is 0.462. The molecule has 0 spiro atoms. The number of fused-ring (bicyclic) bond motifs is 2. The van der Waals surface area contributed by atoms with Crippen molar-refractivity contribution in [3.8, 4) is 0 Å². The average Bonchev–Trinajstić information content (AvgIpc) is 2.82. The summed E-state index contributed by atoms with van der Waals surface area (Å²) in [7, 11) is 4.29. The molecule has 0 saturated carbocycles. The molecule has 7 heteroatoms. The molecule has 0 radical (unpaired) electrons. The third-order valence-corrected chi connectivity index (χ3v) is 6.94. The van der Waals surface area contributed by atoms with E-state index in [1.807, 2.05) is 17.2 Å². The van der Waals surface area contributed by atoms with E-state index in [4.69, 9.17) is 9.97 Å².